The molecule has 0 radical (unpaired) electrons. The van der Waals surface area contributed by atoms with Crippen molar-refractivity contribution >= 4 is 21.8 Å². The predicted octanol–water partition coefficient (Wildman–Crippen LogP) is 1.47. The van der Waals surface area contributed by atoms with Crippen LogP contribution in [0.5, 0.6) is 0 Å². The quantitative estimate of drug-likeness (QED) is 0.586. The number of benzene rings is 1. The second-order valence-corrected chi connectivity index (χ2v) is 8.48. The van der Waals surface area contributed by atoms with Crippen molar-refractivity contribution < 1.29 is 35.5 Å². The van der Waals surface area contributed by atoms with E-state index in [0.717, 1.165) is 4.31 Å². The molecular formula is C16H19F4N3O4S. The number of halogens is 4. The molecule has 3 rings (SSSR count). The summed E-state index contributed by atoms with van der Waals surface area (Å²) in [5.74, 6) is -8.56. The van der Waals surface area contributed by atoms with Crippen LogP contribution in [0, 0.1) is 29.2 Å². The largest absolute Gasteiger partial charge is 0.379 e. The zero-order chi connectivity index (χ0) is 20.5. The van der Waals surface area contributed by atoms with Crippen LogP contribution in [0.3, 0.4) is 0 Å². The Hall–Kier alpha value is -1.76. The summed E-state index contributed by atoms with van der Waals surface area (Å²) in [6.07, 6.45) is 0.617. The maximum Gasteiger partial charge on any atom is 0.282 e. The van der Waals surface area contributed by atoms with Crippen molar-refractivity contribution in [3.63, 3.8) is 0 Å². The van der Waals surface area contributed by atoms with Gasteiger partial charge in [0.25, 0.3) is 10.2 Å². The van der Waals surface area contributed by atoms with Gasteiger partial charge in [-0.05, 0) is 12.8 Å². The number of amides is 1. The van der Waals surface area contributed by atoms with Gasteiger partial charge in [0, 0.05) is 32.2 Å². The maximum atomic E-state index is 13.8. The van der Waals surface area contributed by atoms with Crippen LogP contribution in [-0.2, 0) is 19.7 Å². The highest BCUT2D eigenvalue weighted by Crippen LogP contribution is 2.27. The number of hydrogen-bond acceptors (Lipinski definition) is 4. The van der Waals surface area contributed by atoms with Crippen molar-refractivity contribution in [3.05, 3.63) is 29.3 Å². The first-order valence-electron chi connectivity index (χ1n) is 8.68. The highest BCUT2D eigenvalue weighted by Gasteiger charge is 2.37. The van der Waals surface area contributed by atoms with Crippen molar-refractivity contribution in [2.45, 2.75) is 12.8 Å². The van der Waals surface area contributed by atoms with E-state index in [4.69, 9.17) is 4.74 Å². The molecule has 1 aromatic rings. The minimum absolute atomic E-state index is 0.0393. The van der Waals surface area contributed by atoms with E-state index in [-0.39, 0.29) is 51.9 Å². The summed E-state index contributed by atoms with van der Waals surface area (Å²) in [4.78, 5) is 12.4. The van der Waals surface area contributed by atoms with Crippen molar-refractivity contribution in [2.24, 2.45) is 5.92 Å². The molecule has 1 atom stereocenters. The first kappa shape index (κ1) is 21.0. The van der Waals surface area contributed by atoms with Gasteiger partial charge >= 0.3 is 0 Å². The van der Waals surface area contributed by atoms with Crippen LogP contribution >= 0.6 is 0 Å². The lowest BCUT2D eigenvalue weighted by Crippen LogP contribution is -2.52. The zero-order valence-electron chi connectivity index (χ0n) is 14.8. The topological polar surface area (TPSA) is 79.0 Å². The van der Waals surface area contributed by atoms with Gasteiger partial charge in [-0.15, -0.1) is 0 Å². The molecule has 0 aliphatic carbocycles. The van der Waals surface area contributed by atoms with E-state index in [1.807, 2.05) is 5.32 Å². The summed E-state index contributed by atoms with van der Waals surface area (Å²) >= 11 is 0. The Balaban J connectivity index is 1.73. The molecule has 2 saturated heterocycles. The molecule has 0 unspecified atom stereocenters. The molecule has 12 heteroatoms. The fourth-order valence-electron chi connectivity index (χ4n) is 3.21. The van der Waals surface area contributed by atoms with Crippen LogP contribution in [-0.4, -0.2) is 62.3 Å². The standard InChI is InChI=1S/C16H19F4N3O4S/c17-11-8-12(18)14(20)15(13(11)19)21-16(24)10-2-1-3-23(9-10)28(25,26)22-4-6-27-7-5-22/h8,10H,1-7,9H2,(H,21,24)/t10-/m0/s1. The highest BCUT2D eigenvalue weighted by atomic mass is 32.2. The molecule has 156 valence electrons. The van der Waals surface area contributed by atoms with Gasteiger partial charge in [0.2, 0.25) is 5.91 Å². The number of ether oxygens (including phenoxy) is 1. The van der Waals surface area contributed by atoms with Gasteiger partial charge < -0.3 is 10.1 Å². The fraction of sp³-hybridized carbons (Fsp3) is 0.562. The van der Waals surface area contributed by atoms with Gasteiger partial charge in [0.15, 0.2) is 23.3 Å². The maximum absolute atomic E-state index is 13.8. The van der Waals surface area contributed by atoms with Gasteiger partial charge in [-0.2, -0.15) is 17.0 Å². The molecule has 2 fully saturated rings. The molecule has 2 aliphatic rings. The number of nitrogens with zero attached hydrogens (tertiary/aromatic N) is 2. The summed E-state index contributed by atoms with van der Waals surface area (Å²) < 4.78 is 87.0. The molecule has 1 N–H and O–H groups in total. The number of nitrogens with one attached hydrogen (secondary N) is 1. The van der Waals surface area contributed by atoms with Gasteiger partial charge in [-0.25, -0.2) is 17.6 Å². The van der Waals surface area contributed by atoms with Crippen LogP contribution < -0.4 is 5.32 Å². The number of hydrogen-bond donors (Lipinski definition) is 1. The summed E-state index contributed by atoms with van der Waals surface area (Å²) in [6, 6.07) is 0.0393. The Labute approximate surface area is 159 Å². The number of morpholine rings is 1. The highest BCUT2D eigenvalue weighted by molar-refractivity contribution is 7.86. The lowest BCUT2D eigenvalue weighted by atomic mass is 9.98. The molecule has 7 nitrogen and oxygen atoms in total. The first-order valence-corrected chi connectivity index (χ1v) is 10.1. The number of rotatable bonds is 4. The van der Waals surface area contributed by atoms with E-state index in [0.29, 0.717) is 6.42 Å². The Morgan fingerprint density at radius 1 is 1.04 bits per heavy atom. The number of carbonyl (C=O) groups excluding carboxylic acids is 1. The van der Waals surface area contributed by atoms with E-state index >= 15 is 0 Å². The molecule has 1 amide bonds. The molecule has 0 bridgehead atoms. The second kappa shape index (κ2) is 8.31. The lowest BCUT2D eigenvalue weighted by Gasteiger charge is -2.36. The second-order valence-electron chi connectivity index (χ2n) is 6.55. The molecule has 0 aromatic heterocycles. The number of carbonyl (C=O) groups is 1. The third kappa shape index (κ3) is 4.14. The molecule has 28 heavy (non-hydrogen) atoms. The van der Waals surface area contributed by atoms with E-state index in [2.05, 4.69) is 0 Å². The van der Waals surface area contributed by atoms with Crippen LogP contribution in [0.25, 0.3) is 0 Å². The number of anilines is 1. The lowest BCUT2D eigenvalue weighted by molar-refractivity contribution is -0.121. The zero-order valence-corrected chi connectivity index (χ0v) is 15.6. The third-order valence-electron chi connectivity index (χ3n) is 4.74. The molecule has 2 heterocycles. The van der Waals surface area contributed by atoms with E-state index in [1.54, 1.807) is 0 Å². The normalized spacial score (nSPS) is 22.2. The van der Waals surface area contributed by atoms with Crippen LogP contribution in [0.4, 0.5) is 23.2 Å². The summed E-state index contributed by atoms with van der Waals surface area (Å²) in [5.41, 5.74) is -1.23. The fourth-order valence-corrected chi connectivity index (χ4v) is 4.88. The summed E-state index contributed by atoms with van der Waals surface area (Å²) in [6.45, 7) is 0.901. The average Bonchev–Trinajstić information content (AvgIpc) is 2.70. The van der Waals surface area contributed by atoms with Crippen LogP contribution in [0.1, 0.15) is 12.8 Å². The van der Waals surface area contributed by atoms with Crippen molar-refractivity contribution in [2.75, 3.05) is 44.7 Å². The minimum atomic E-state index is -3.82. The van der Waals surface area contributed by atoms with Crippen molar-refractivity contribution in [3.8, 4) is 0 Å². The van der Waals surface area contributed by atoms with Gasteiger partial charge in [0.1, 0.15) is 5.69 Å². The molecule has 2 aliphatic heterocycles. The number of piperidine rings is 1. The SMILES string of the molecule is O=C(Nc1c(F)c(F)cc(F)c1F)[C@H]1CCCN(S(=O)(=O)N2CCOCC2)C1. The first-order chi connectivity index (χ1) is 13.2. The molecular weight excluding hydrogens is 406 g/mol. The van der Waals surface area contributed by atoms with E-state index in [1.165, 1.54) is 4.31 Å². The molecule has 0 saturated carbocycles. The van der Waals surface area contributed by atoms with E-state index < -0.39 is 51.0 Å². The molecule has 1 aromatic carbocycles. The Bertz CT molecular complexity index is 836. The summed E-state index contributed by atoms with van der Waals surface area (Å²) in [5, 5.41) is 1.86. The Kier molecular flexibility index (Phi) is 6.22. The third-order valence-corrected chi connectivity index (χ3v) is 6.74. The van der Waals surface area contributed by atoms with Gasteiger partial charge in [-0.3, -0.25) is 4.79 Å². The van der Waals surface area contributed by atoms with Crippen molar-refractivity contribution in [1.29, 1.82) is 0 Å². The van der Waals surface area contributed by atoms with Crippen molar-refractivity contribution in [1.82, 2.24) is 8.61 Å². The Morgan fingerprint density at radius 2 is 1.64 bits per heavy atom. The van der Waals surface area contributed by atoms with Gasteiger partial charge in [0.05, 0.1) is 19.1 Å². The van der Waals surface area contributed by atoms with E-state index in [9.17, 15) is 30.8 Å². The van der Waals surface area contributed by atoms with Crippen LogP contribution in [0.2, 0.25) is 0 Å². The van der Waals surface area contributed by atoms with Gasteiger partial charge in [-0.1, -0.05) is 0 Å². The minimum Gasteiger partial charge on any atom is -0.379 e. The predicted molar refractivity (Wildman–Crippen MR) is 90.5 cm³/mol. The van der Waals surface area contributed by atoms with Crippen LogP contribution in [0.15, 0.2) is 6.07 Å². The smallest absolute Gasteiger partial charge is 0.282 e. The average molecular weight is 425 g/mol. The monoisotopic (exact) mass is 425 g/mol. The summed E-state index contributed by atoms with van der Waals surface area (Å²) in [7, 11) is -3.82. The Morgan fingerprint density at radius 3 is 2.25 bits per heavy atom. The molecule has 0 spiro atoms.